The van der Waals surface area contributed by atoms with Gasteiger partial charge in [-0.05, 0) is 30.0 Å². The smallest absolute Gasteiger partial charge is 0.224 e. The maximum atomic E-state index is 13.6. The molecule has 1 amide bonds. The van der Waals surface area contributed by atoms with Gasteiger partial charge in [-0.25, -0.2) is 0 Å². The maximum absolute atomic E-state index is 13.6. The molecule has 0 saturated carbocycles. The van der Waals surface area contributed by atoms with Gasteiger partial charge in [-0.3, -0.25) is 9.59 Å². The standard InChI is InChI=1S/C26H30N2O3/c1-5-14-31-23-13-9-6-10-18(23)25-24-20(15-26(3,4)16-22(24)30)27-19-11-7-8-12-21(19)28(25)17(2)29/h6-13,15,24-25,27H,5,14,16H2,1-4H3/t24-,25+/m0/s1. The Kier molecular flexibility index (Phi) is 5.61. The van der Waals surface area contributed by atoms with Crippen molar-refractivity contribution in [2.24, 2.45) is 11.3 Å². The van der Waals surface area contributed by atoms with Crippen LogP contribution >= 0.6 is 0 Å². The van der Waals surface area contributed by atoms with E-state index in [-0.39, 0.29) is 17.1 Å². The zero-order chi connectivity index (χ0) is 22.2. The second-order valence-corrected chi connectivity index (χ2v) is 9.07. The van der Waals surface area contributed by atoms with Crippen molar-refractivity contribution in [3.05, 3.63) is 65.9 Å². The van der Waals surface area contributed by atoms with Crippen molar-refractivity contribution in [1.82, 2.24) is 0 Å². The molecule has 0 aromatic heterocycles. The molecule has 1 aliphatic heterocycles. The van der Waals surface area contributed by atoms with Gasteiger partial charge in [0.05, 0.1) is 29.9 Å². The number of benzene rings is 2. The van der Waals surface area contributed by atoms with E-state index in [9.17, 15) is 9.59 Å². The summed E-state index contributed by atoms with van der Waals surface area (Å²) in [5.41, 5.74) is 3.06. The summed E-state index contributed by atoms with van der Waals surface area (Å²) >= 11 is 0. The first kappa shape index (κ1) is 21.2. The summed E-state index contributed by atoms with van der Waals surface area (Å²) in [4.78, 5) is 28.4. The number of para-hydroxylation sites is 3. The van der Waals surface area contributed by atoms with Crippen molar-refractivity contribution in [2.45, 2.75) is 46.6 Å². The highest BCUT2D eigenvalue weighted by Gasteiger charge is 2.46. The molecule has 31 heavy (non-hydrogen) atoms. The fourth-order valence-corrected chi connectivity index (χ4v) is 4.75. The van der Waals surface area contributed by atoms with Gasteiger partial charge in [-0.15, -0.1) is 0 Å². The molecule has 0 radical (unpaired) electrons. The number of anilines is 2. The average molecular weight is 419 g/mol. The lowest BCUT2D eigenvalue weighted by Gasteiger charge is -2.39. The first-order valence-corrected chi connectivity index (χ1v) is 11.0. The van der Waals surface area contributed by atoms with Gasteiger partial charge in [-0.2, -0.15) is 0 Å². The Morgan fingerprint density at radius 3 is 2.61 bits per heavy atom. The van der Waals surface area contributed by atoms with Gasteiger partial charge in [0.1, 0.15) is 11.5 Å². The van der Waals surface area contributed by atoms with Gasteiger partial charge in [0, 0.05) is 24.6 Å². The Morgan fingerprint density at radius 1 is 1.16 bits per heavy atom. The Morgan fingerprint density at radius 2 is 1.87 bits per heavy atom. The van der Waals surface area contributed by atoms with Crippen LogP contribution in [0.5, 0.6) is 5.75 Å². The van der Waals surface area contributed by atoms with Gasteiger partial charge in [0.25, 0.3) is 0 Å². The molecule has 0 spiro atoms. The maximum Gasteiger partial charge on any atom is 0.224 e. The number of nitrogens with one attached hydrogen (secondary N) is 1. The minimum Gasteiger partial charge on any atom is -0.493 e. The number of hydrogen-bond donors (Lipinski definition) is 1. The summed E-state index contributed by atoms with van der Waals surface area (Å²) in [6.07, 6.45) is 3.46. The third kappa shape index (κ3) is 3.97. The molecule has 2 aromatic carbocycles. The van der Waals surface area contributed by atoms with E-state index < -0.39 is 12.0 Å². The van der Waals surface area contributed by atoms with Crippen LogP contribution in [0.2, 0.25) is 0 Å². The molecule has 2 aromatic rings. The van der Waals surface area contributed by atoms with Gasteiger partial charge in [0.2, 0.25) is 5.91 Å². The van der Waals surface area contributed by atoms with E-state index in [4.69, 9.17) is 4.74 Å². The summed E-state index contributed by atoms with van der Waals surface area (Å²) in [5, 5.41) is 3.50. The molecule has 0 fully saturated rings. The number of hydrogen-bond acceptors (Lipinski definition) is 4. The molecule has 0 saturated heterocycles. The van der Waals surface area contributed by atoms with E-state index in [2.05, 4.69) is 32.2 Å². The summed E-state index contributed by atoms with van der Waals surface area (Å²) in [5.74, 6) is 0.250. The SMILES string of the molecule is CCCOc1ccccc1[C@@H]1[C@@H]2C(=O)CC(C)(C)C=C2Nc2ccccc2N1C(C)=O. The predicted molar refractivity (Wildman–Crippen MR) is 123 cm³/mol. The Hall–Kier alpha value is -3.08. The number of ether oxygens (including phenoxy) is 1. The van der Waals surface area contributed by atoms with Gasteiger partial charge >= 0.3 is 0 Å². The van der Waals surface area contributed by atoms with Crippen LogP contribution in [0.1, 0.15) is 52.1 Å². The largest absolute Gasteiger partial charge is 0.493 e. The normalized spacial score (nSPS) is 21.9. The molecule has 2 aliphatic rings. The number of allylic oxidation sites excluding steroid dienone is 1. The molecule has 2 atom stereocenters. The topological polar surface area (TPSA) is 58.6 Å². The van der Waals surface area contributed by atoms with Crippen molar-refractivity contribution in [3.8, 4) is 5.75 Å². The highest BCUT2D eigenvalue weighted by Crippen LogP contribution is 2.49. The van der Waals surface area contributed by atoms with E-state index in [0.29, 0.717) is 13.0 Å². The van der Waals surface area contributed by atoms with Gasteiger partial charge in [-0.1, -0.05) is 57.2 Å². The molecule has 1 heterocycles. The average Bonchev–Trinajstić information content (AvgIpc) is 2.85. The summed E-state index contributed by atoms with van der Waals surface area (Å²) in [6.45, 7) is 8.34. The van der Waals surface area contributed by atoms with E-state index in [1.165, 1.54) is 0 Å². The van der Waals surface area contributed by atoms with E-state index in [0.717, 1.165) is 34.8 Å². The molecular formula is C26H30N2O3. The molecule has 162 valence electrons. The molecular weight excluding hydrogens is 388 g/mol. The summed E-state index contributed by atoms with van der Waals surface area (Å²) in [7, 11) is 0. The van der Waals surface area contributed by atoms with Crippen LogP contribution in [0.4, 0.5) is 11.4 Å². The van der Waals surface area contributed by atoms with E-state index in [1.807, 2.05) is 48.5 Å². The van der Waals surface area contributed by atoms with Crippen LogP contribution in [0.25, 0.3) is 0 Å². The molecule has 0 unspecified atom stereocenters. The Balaban J connectivity index is 1.98. The first-order chi connectivity index (χ1) is 14.8. The first-order valence-electron chi connectivity index (χ1n) is 11.0. The van der Waals surface area contributed by atoms with E-state index >= 15 is 0 Å². The van der Waals surface area contributed by atoms with Crippen LogP contribution < -0.4 is 15.0 Å². The fourth-order valence-electron chi connectivity index (χ4n) is 4.75. The number of fused-ring (bicyclic) bond motifs is 2. The zero-order valence-electron chi connectivity index (χ0n) is 18.6. The van der Waals surface area contributed by atoms with Crippen LogP contribution in [0.3, 0.4) is 0 Å². The van der Waals surface area contributed by atoms with Gasteiger partial charge < -0.3 is 15.0 Å². The number of amides is 1. The summed E-state index contributed by atoms with van der Waals surface area (Å²) in [6, 6.07) is 15.0. The predicted octanol–water partition coefficient (Wildman–Crippen LogP) is 5.49. The van der Waals surface area contributed by atoms with Crippen LogP contribution in [-0.2, 0) is 9.59 Å². The van der Waals surface area contributed by atoms with Crippen molar-refractivity contribution >= 4 is 23.1 Å². The summed E-state index contributed by atoms with van der Waals surface area (Å²) < 4.78 is 6.06. The van der Waals surface area contributed by atoms with E-state index in [1.54, 1.807) is 11.8 Å². The quantitative estimate of drug-likeness (QED) is 0.713. The Bertz CT molecular complexity index is 1040. The van der Waals surface area contributed by atoms with Crippen LogP contribution in [0, 0.1) is 11.3 Å². The lowest BCUT2D eigenvalue weighted by atomic mass is 9.72. The number of carbonyl (C=O) groups excluding carboxylic acids is 2. The number of Topliss-reactive ketones (excluding diaryl/α,β-unsaturated/α-hetero) is 1. The molecule has 1 aliphatic carbocycles. The lowest BCUT2D eigenvalue weighted by Crippen LogP contribution is -2.43. The van der Waals surface area contributed by atoms with Crippen molar-refractivity contribution < 1.29 is 14.3 Å². The van der Waals surface area contributed by atoms with Crippen LogP contribution in [0.15, 0.2) is 60.3 Å². The van der Waals surface area contributed by atoms with Gasteiger partial charge in [0.15, 0.2) is 0 Å². The number of ketones is 1. The third-order valence-corrected chi connectivity index (χ3v) is 5.93. The van der Waals surface area contributed by atoms with Crippen molar-refractivity contribution in [2.75, 3.05) is 16.8 Å². The zero-order valence-corrected chi connectivity index (χ0v) is 18.6. The Labute approximate surface area is 184 Å². The second-order valence-electron chi connectivity index (χ2n) is 9.07. The number of carbonyl (C=O) groups is 2. The number of rotatable bonds is 4. The monoisotopic (exact) mass is 418 g/mol. The lowest BCUT2D eigenvalue weighted by molar-refractivity contribution is -0.125. The molecule has 1 N–H and O–H groups in total. The number of nitrogens with zero attached hydrogens (tertiary/aromatic N) is 1. The molecule has 0 bridgehead atoms. The van der Waals surface area contributed by atoms with Crippen molar-refractivity contribution in [3.63, 3.8) is 0 Å². The molecule has 5 heteroatoms. The minimum atomic E-state index is -0.490. The highest BCUT2D eigenvalue weighted by atomic mass is 16.5. The van der Waals surface area contributed by atoms with Crippen molar-refractivity contribution in [1.29, 1.82) is 0 Å². The minimum absolute atomic E-state index is 0.108. The highest BCUT2D eigenvalue weighted by molar-refractivity contribution is 6.00. The molecule has 4 rings (SSSR count). The fraction of sp³-hybridized carbons (Fsp3) is 0.385. The molecule has 5 nitrogen and oxygen atoms in total. The third-order valence-electron chi connectivity index (χ3n) is 5.93. The van der Waals surface area contributed by atoms with Crippen LogP contribution in [-0.4, -0.2) is 18.3 Å². The second kappa shape index (κ2) is 8.22.